The highest BCUT2D eigenvalue weighted by atomic mass is 32.1. The number of hydrogen-bond donors (Lipinski definition) is 1. The van der Waals surface area contributed by atoms with Gasteiger partial charge >= 0.3 is 0 Å². The lowest BCUT2D eigenvalue weighted by Gasteiger charge is -2.13. The molecule has 1 N–H and O–H groups in total. The van der Waals surface area contributed by atoms with Crippen LogP contribution in [0.2, 0.25) is 0 Å². The standard InChI is InChI=1S/C14H19NS/c1-11(2)9-10-12(3)14(16)15-13-7-5-4-6-8-13/h4-9,12H,10H2,1-3H3,(H,15,16). The van der Waals surface area contributed by atoms with Crippen LogP contribution in [0.25, 0.3) is 0 Å². The Kier molecular flexibility index (Phi) is 5.20. The Morgan fingerprint density at radius 3 is 2.50 bits per heavy atom. The largest absolute Gasteiger partial charge is 0.350 e. The molecular formula is C14H19NS. The van der Waals surface area contributed by atoms with Gasteiger partial charge < -0.3 is 5.32 Å². The maximum atomic E-state index is 5.37. The van der Waals surface area contributed by atoms with Gasteiger partial charge in [-0.05, 0) is 32.4 Å². The summed E-state index contributed by atoms with van der Waals surface area (Å²) >= 11 is 5.37. The predicted molar refractivity (Wildman–Crippen MR) is 75.9 cm³/mol. The molecule has 1 nitrogen and oxygen atoms in total. The van der Waals surface area contributed by atoms with E-state index in [0.717, 1.165) is 17.1 Å². The molecule has 0 spiro atoms. The topological polar surface area (TPSA) is 12.0 Å². The van der Waals surface area contributed by atoms with Crippen LogP contribution in [0.15, 0.2) is 42.0 Å². The lowest BCUT2D eigenvalue weighted by molar-refractivity contribution is 0.795. The van der Waals surface area contributed by atoms with Crippen molar-refractivity contribution in [3.05, 3.63) is 42.0 Å². The van der Waals surface area contributed by atoms with Gasteiger partial charge in [-0.3, -0.25) is 0 Å². The zero-order valence-corrected chi connectivity index (χ0v) is 11.0. The number of benzene rings is 1. The smallest absolute Gasteiger partial charge is 0.0828 e. The second kappa shape index (κ2) is 6.44. The molecule has 0 aromatic heterocycles. The monoisotopic (exact) mass is 233 g/mol. The minimum absolute atomic E-state index is 0.380. The van der Waals surface area contributed by atoms with Crippen LogP contribution in [0.4, 0.5) is 5.69 Å². The molecule has 0 aliphatic rings. The second-order valence-electron chi connectivity index (χ2n) is 4.27. The fourth-order valence-corrected chi connectivity index (χ4v) is 1.52. The molecular weight excluding hydrogens is 214 g/mol. The SMILES string of the molecule is CC(C)=CCC(C)C(=S)Nc1ccccc1. The van der Waals surface area contributed by atoms with Gasteiger partial charge in [-0.25, -0.2) is 0 Å². The highest BCUT2D eigenvalue weighted by Gasteiger charge is 2.06. The Balaban J connectivity index is 2.49. The zero-order chi connectivity index (χ0) is 12.0. The van der Waals surface area contributed by atoms with Crippen molar-refractivity contribution in [2.45, 2.75) is 27.2 Å². The molecule has 16 heavy (non-hydrogen) atoms. The van der Waals surface area contributed by atoms with Gasteiger partial charge in [0.25, 0.3) is 0 Å². The maximum Gasteiger partial charge on any atom is 0.0828 e. The van der Waals surface area contributed by atoms with Gasteiger partial charge in [0.1, 0.15) is 0 Å². The maximum absolute atomic E-state index is 5.37. The molecule has 0 amide bonds. The first-order chi connectivity index (χ1) is 7.59. The molecule has 86 valence electrons. The summed E-state index contributed by atoms with van der Waals surface area (Å²) in [7, 11) is 0. The average Bonchev–Trinajstić information content (AvgIpc) is 2.27. The second-order valence-corrected chi connectivity index (χ2v) is 4.71. The highest BCUT2D eigenvalue weighted by molar-refractivity contribution is 7.80. The fourth-order valence-electron chi connectivity index (χ4n) is 1.31. The quantitative estimate of drug-likeness (QED) is 0.610. The van der Waals surface area contributed by atoms with Crippen LogP contribution in [0.1, 0.15) is 27.2 Å². The number of hydrogen-bond acceptors (Lipinski definition) is 1. The molecule has 0 saturated heterocycles. The van der Waals surface area contributed by atoms with E-state index in [9.17, 15) is 0 Å². The van der Waals surface area contributed by atoms with Crippen LogP contribution in [-0.4, -0.2) is 4.99 Å². The third-order valence-corrected chi connectivity index (χ3v) is 2.87. The van der Waals surface area contributed by atoms with E-state index in [0.29, 0.717) is 5.92 Å². The molecule has 0 aliphatic carbocycles. The average molecular weight is 233 g/mol. The summed E-state index contributed by atoms with van der Waals surface area (Å²) in [6.07, 6.45) is 3.23. The summed E-state index contributed by atoms with van der Waals surface area (Å²) in [6, 6.07) is 10.1. The molecule has 0 radical (unpaired) electrons. The van der Waals surface area contributed by atoms with Crippen molar-refractivity contribution in [1.29, 1.82) is 0 Å². The summed E-state index contributed by atoms with van der Waals surface area (Å²) in [6.45, 7) is 6.37. The number of thiocarbonyl (C=S) groups is 1. The third kappa shape index (κ3) is 4.58. The Morgan fingerprint density at radius 2 is 1.94 bits per heavy atom. The Bertz CT molecular complexity index is 364. The van der Waals surface area contributed by atoms with Crippen molar-refractivity contribution in [2.24, 2.45) is 5.92 Å². The molecule has 1 aromatic carbocycles. The van der Waals surface area contributed by atoms with E-state index in [1.807, 2.05) is 30.3 Å². The van der Waals surface area contributed by atoms with Crippen LogP contribution >= 0.6 is 12.2 Å². The first-order valence-corrected chi connectivity index (χ1v) is 5.99. The van der Waals surface area contributed by atoms with E-state index in [2.05, 4.69) is 32.2 Å². The lowest BCUT2D eigenvalue weighted by atomic mass is 10.1. The molecule has 0 heterocycles. The molecule has 1 aromatic rings. The summed E-state index contributed by atoms with van der Waals surface area (Å²) < 4.78 is 0. The third-order valence-electron chi connectivity index (χ3n) is 2.37. The summed E-state index contributed by atoms with van der Waals surface area (Å²) in [5.74, 6) is 0.380. The van der Waals surface area contributed by atoms with Crippen LogP contribution in [0.5, 0.6) is 0 Å². The number of para-hydroxylation sites is 1. The van der Waals surface area contributed by atoms with Crippen LogP contribution < -0.4 is 5.32 Å². The number of allylic oxidation sites excluding steroid dienone is 2. The Labute approximate surface area is 104 Å². The number of rotatable bonds is 4. The van der Waals surface area contributed by atoms with E-state index in [4.69, 9.17) is 12.2 Å². The summed E-state index contributed by atoms with van der Waals surface area (Å²) in [5, 5.41) is 3.27. The number of anilines is 1. The van der Waals surface area contributed by atoms with Crippen molar-refractivity contribution >= 4 is 22.9 Å². The summed E-state index contributed by atoms with van der Waals surface area (Å²) in [4.78, 5) is 0.906. The summed E-state index contributed by atoms with van der Waals surface area (Å²) in [5.41, 5.74) is 2.41. The van der Waals surface area contributed by atoms with Crippen molar-refractivity contribution < 1.29 is 0 Å². The van der Waals surface area contributed by atoms with Crippen LogP contribution in [0, 0.1) is 5.92 Å². The lowest BCUT2D eigenvalue weighted by Crippen LogP contribution is -2.17. The van der Waals surface area contributed by atoms with Crippen molar-refractivity contribution in [2.75, 3.05) is 5.32 Å². The van der Waals surface area contributed by atoms with Gasteiger partial charge in [0.05, 0.1) is 4.99 Å². The van der Waals surface area contributed by atoms with Gasteiger partial charge in [-0.15, -0.1) is 0 Å². The molecule has 0 bridgehead atoms. The zero-order valence-electron chi connectivity index (χ0n) is 10.2. The van der Waals surface area contributed by atoms with Gasteiger partial charge in [0, 0.05) is 11.6 Å². The normalized spacial score (nSPS) is 11.7. The van der Waals surface area contributed by atoms with Gasteiger partial charge in [0.2, 0.25) is 0 Å². The molecule has 0 aliphatic heterocycles. The van der Waals surface area contributed by atoms with Crippen molar-refractivity contribution in [1.82, 2.24) is 0 Å². The van der Waals surface area contributed by atoms with Gasteiger partial charge in [-0.1, -0.05) is 49.0 Å². The van der Waals surface area contributed by atoms with Crippen molar-refractivity contribution in [3.8, 4) is 0 Å². The Hall–Kier alpha value is -1.15. The molecule has 1 unspecified atom stereocenters. The highest BCUT2D eigenvalue weighted by Crippen LogP contribution is 2.12. The van der Waals surface area contributed by atoms with Crippen LogP contribution in [-0.2, 0) is 0 Å². The predicted octanol–water partition coefficient (Wildman–Crippen LogP) is 4.42. The van der Waals surface area contributed by atoms with Gasteiger partial charge in [-0.2, -0.15) is 0 Å². The molecule has 0 saturated carbocycles. The molecule has 1 rings (SSSR count). The molecule has 2 heteroatoms. The van der Waals surface area contributed by atoms with E-state index < -0.39 is 0 Å². The van der Waals surface area contributed by atoms with Gasteiger partial charge in [0.15, 0.2) is 0 Å². The molecule has 1 atom stereocenters. The fraction of sp³-hybridized carbons (Fsp3) is 0.357. The van der Waals surface area contributed by atoms with E-state index in [1.165, 1.54) is 5.57 Å². The minimum Gasteiger partial charge on any atom is -0.350 e. The first kappa shape index (κ1) is 12.9. The van der Waals surface area contributed by atoms with E-state index in [-0.39, 0.29) is 0 Å². The van der Waals surface area contributed by atoms with E-state index >= 15 is 0 Å². The van der Waals surface area contributed by atoms with E-state index in [1.54, 1.807) is 0 Å². The number of nitrogens with one attached hydrogen (secondary N) is 1. The Morgan fingerprint density at radius 1 is 1.31 bits per heavy atom. The molecule has 0 fully saturated rings. The van der Waals surface area contributed by atoms with Crippen molar-refractivity contribution in [3.63, 3.8) is 0 Å². The first-order valence-electron chi connectivity index (χ1n) is 5.59. The minimum atomic E-state index is 0.380. The van der Waals surface area contributed by atoms with Crippen LogP contribution in [0.3, 0.4) is 0 Å².